The summed E-state index contributed by atoms with van der Waals surface area (Å²) >= 11 is 0. The number of carbonyl (C=O) groups is 3. The molecule has 1 aromatic rings. The molecule has 1 heterocycles. The van der Waals surface area contributed by atoms with Crippen LogP contribution in [-0.4, -0.2) is 67.9 Å². The lowest BCUT2D eigenvalue weighted by atomic mass is 9.98. The predicted molar refractivity (Wildman–Crippen MR) is 98.9 cm³/mol. The van der Waals surface area contributed by atoms with Crippen LogP contribution in [0, 0.1) is 5.92 Å². The van der Waals surface area contributed by atoms with Gasteiger partial charge in [-0.3, -0.25) is 19.3 Å². The minimum atomic E-state index is -0.182. The Labute approximate surface area is 154 Å². The number of hydrogen-bond acceptors (Lipinski definition) is 5. The lowest BCUT2D eigenvalue weighted by molar-refractivity contribution is -0.150. The second kappa shape index (κ2) is 9.33. The van der Waals surface area contributed by atoms with E-state index < -0.39 is 0 Å². The molecule has 1 aliphatic heterocycles. The van der Waals surface area contributed by atoms with Gasteiger partial charge in [0.1, 0.15) is 0 Å². The quantitative estimate of drug-likeness (QED) is 0.779. The van der Waals surface area contributed by atoms with Crippen molar-refractivity contribution in [2.24, 2.45) is 5.92 Å². The van der Waals surface area contributed by atoms with Gasteiger partial charge in [0.25, 0.3) is 5.91 Å². The first kappa shape index (κ1) is 19.9. The molecule has 0 saturated carbocycles. The molecular formula is C19H27N3O4. The van der Waals surface area contributed by atoms with Crippen molar-refractivity contribution >= 4 is 23.5 Å². The SMILES string of the molecule is CCOC(=O)[C@@H]1CCCN(CC(=O)Nc2ccc(C(=O)N(C)C)cc2)C1. The van der Waals surface area contributed by atoms with Crippen LogP contribution in [0.1, 0.15) is 30.1 Å². The zero-order valence-electron chi connectivity index (χ0n) is 15.7. The maximum absolute atomic E-state index is 12.3. The molecule has 0 radical (unpaired) electrons. The molecule has 1 aliphatic rings. The molecule has 2 rings (SSSR count). The van der Waals surface area contributed by atoms with Crippen molar-refractivity contribution in [1.29, 1.82) is 0 Å². The molecule has 26 heavy (non-hydrogen) atoms. The van der Waals surface area contributed by atoms with Crippen molar-refractivity contribution in [2.45, 2.75) is 19.8 Å². The van der Waals surface area contributed by atoms with Gasteiger partial charge in [0.05, 0.1) is 19.1 Å². The lowest BCUT2D eigenvalue weighted by Crippen LogP contribution is -2.43. The summed E-state index contributed by atoms with van der Waals surface area (Å²) < 4.78 is 5.08. The maximum atomic E-state index is 12.3. The Morgan fingerprint density at radius 3 is 2.54 bits per heavy atom. The third-order valence-electron chi connectivity index (χ3n) is 4.31. The Balaban J connectivity index is 1.86. The number of esters is 1. The van der Waals surface area contributed by atoms with E-state index in [0.29, 0.717) is 24.4 Å². The number of hydrogen-bond donors (Lipinski definition) is 1. The van der Waals surface area contributed by atoms with Gasteiger partial charge in [-0.25, -0.2) is 0 Å². The monoisotopic (exact) mass is 361 g/mol. The Hall–Kier alpha value is -2.41. The van der Waals surface area contributed by atoms with Crippen LogP contribution < -0.4 is 5.32 Å². The fourth-order valence-corrected chi connectivity index (χ4v) is 3.01. The molecule has 1 fully saturated rings. The van der Waals surface area contributed by atoms with Gasteiger partial charge in [0.2, 0.25) is 5.91 Å². The van der Waals surface area contributed by atoms with E-state index in [9.17, 15) is 14.4 Å². The van der Waals surface area contributed by atoms with Gasteiger partial charge < -0.3 is 15.0 Å². The van der Waals surface area contributed by atoms with Gasteiger partial charge in [-0.05, 0) is 50.6 Å². The molecule has 1 aromatic carbocycles. The molecule has 1 atom stereocenters. The summed E-state index contributed by atoms with van der Waals surface area (Å²) in [6, 6.07) is 6.81. The molecule has 7 heteroatoms. The highest BCUT2D eigenvalue weighted by Gasteiger charge is 2.27. The van der Waals surface area contributed by atoms with E-state index in [1.165, 1.54) is 4.90 Å². The normalized spacial score (nSPS) is 17.4. The van der Waals surface area contributed by atoms with Gasteiger partial charge in [0, 0.05) is 31.9 Å². The van der Waals surface area contributed by atoms with Gasteiger partial charge in [0.15, 0.2) is 0 Å². The highest BCUT2D eigenvalue weighted by molar-refractivity contribution is 5.96. The van der Waals surface area contributed by atoms with Crippen LogP contribution >= 0.6 is 0 Å². The molecule has 0 unspecified atom stereocenters. The minimum Gasteiger partial charge on any atom is -0.466 e. The zero-order chi connectivity index (χ0) is 19.1. The number of rotatable bonds is 6. The van der Waals surface area contributed by atoms with Gasteiger partial charge >= 0.3 is 5.97 Å². The average molecular weight is 361 g/mol. The number of anilines is 1. The Kier molecular flexibility index (Phi) is 7.15. The van der Waals surface area contributed by atoms with Crippen molar-refractivity contribution in [3.63, 3.8) is 0 Å². The van der Waals surface area contributed by atoms with E-state index in [0.717, 1.165) is 19.4 Å². The summed E-state index contributed by atoms with van der Waals surface area (Å²) in [5.41, 5.74) is 1.21. The van der Waals surface area contributed by atoms with Crippen molar-refractivity contribution in [1.82, 2.24) is 9.80 Å². The first-order valence-corrected chi connectivity index (χ1v) is 8.91. The van der Waals surface area contributed by atoms with E-state index in [4.69, 9.17) is 4.74 Å². The molecule has 2 amide bonds. The van der Waals surface area contributed by atoms with E-state index in [1.807, 2.05) is 4.90 Å². The summed E-state index contributed by atoms with van der Waals surface area (Å²) in [7, 11) is 3.39. The van der Waals surface area contributed by atoms with Crippen LogP contribution in [0.15, 0.2) is 24.3 Å². The smallest absolute Gasteiger partial charge is 0.310 e. The second-order valence-corrected chi connectivity index (χ2v) is 6.65. The van der Waals surface area contributed by atoms with Crippen molar-refractivity contribution in [3.8, 4) is 0 Å². The molecule has 7 nitrogen and oxygen atoms in total. The molecule has 1 saturated heterocycles. The molecule has 1 N–H and O–H groups in total. The van der Waals surface area contributed by atoms with E-state index in [1.54, 1.807) is 45.3 Å². The third kappa shape index (κ3) is 5.56. The number of nitrogens with zero attached hydrogens (tertiary/aromatic N) is 2. The van der Waals surface area contributed by atoms with Crippen LogP contribution in [0.5, 0.6) is 0 Å². The molecule has 0 aromatic heterocycles. The predicted octanol–water partition coefficient (Wildman–Crippen LogP) is 1.60. The average Bonchev–Trinajstić information content (AvgIpc) is 2.62. The van der Waals surface area contributed by atoms with Gasteiger partial charge in [-0.1, -0.05) is 0 Å². The van der Waals surface area contributed by atoms with Crippen LogP contribution in [0.25, 0.3) is 0 Å². The summed E-state index contributed by atoms with van der Waals surface area (Å²) in [6.07, 6.45) is 1.68. The van der Waals surface area contributed by atoms with E-state index in [2.05, 4.69) is 5.32 Å². The van der Waals surface area contributed by atoms with Crippen LogP contribution in [-0.2, 0) is 14.3 Å². The maximum Gasteiger partial charge on any atom is 0.310 e. The first-order valence-electron chi connectivity index (χ1n) is 8.91. The highest BCUT2D eigenvalue weighted by atomic mass is 16.5. The van der Waals surface area contributed by atoms with E-state index in [-0.39, 0.29) is 30.2 Å². The second-order valence-electron chi connectivity index (χ2n) is 6.65. The fourth-order valence-electron chi connectivity index (χ4n) is 3.01. The van der Waals surface area contributed by atoms with Crippen molar-refractivity contribution in [2.75, 3.05) is 45.7 Å². The van der Waals surface area contributed by atoms with Crippen LogP contribution in [0.2, 0.25) is 0 Å². The lowest BCUT2D eigenvalue weighted by Gasteiger charge is -2.30. The minimum absolute atomic E-state index is 0.0822. The topological polar surface area (TPSA) is 79.0 Å². The summed E-state index contributed by atoms with van der Waals surface area (Å²) in [4.78, 5) is 39.5. The Bertz CT molecular complexity index is 643. The van der Waals surface area contributed by atoms with E-state index >= 15 is 0 Å². The summed E-state index contributed by atoms with van der Waals surface area (Å²) in [5, 5.41) is 2.83. The Morgan fingerprint density at radius 2 is 1.92 bits per heavy atom. The summed E-state index contributed by atoms with van der Waals surface area (Å²) in [5.74, 6) is -0.561. The number of nitrogens with one attached hydrogen (secondary N) is 1. The Morgan fingerprint density at radius 1 is 1.23 bits per heavy atom. The number of ether oxygens (including phenoxy) is 1. The van der Waals surface area contributed by atoms with Crippen LogP contribution in [0.4, 0.5) is 5.69 Å². The number of likely N-dealkylation sites (tertiary alicyclic amines) is 1. The van der Waals surface area contributed by atoms with Gasteiger partial charge in [-0.15, -0.1) is 0 Å². The molecule has 0 bridgehead atoms. The molecule has 0 spiro atoms. The standard InChI is InChI=1S/C19H27N3O4/c1-4-26-19(25)15-6-5-11-22(12-15)13-17(23)20-16-9-7-14(8-10-16)18(24)21(2)3/h7-10,15H,4-6,11-13H2,1-3H3,(H,20,23)/t15-/m1/s1. The number of benzene rings is 1. The number of amides is 2. The van der Waals surface area contributed by atoms with Crippen molar-refractivity contribution < 1.29 is 19.1 Å². The number of piperidine rings is 1. The first-order chi connectivity index (χ1) is 12.4. The zero-order valence-corrected chi connectivity index (χ0v) is 15.7. The molecular weight excluding hydrogens is 334 g/mol. The largest absolute Gasteiger partial charge is 0.466 e. The molecule has 0 aliphatic carbocycles. The summed E-state index contributed by atoms with van der Waals surface area (Å²) in [6.45, 7) is 3.74. The third-order valence-corrected chi connectivity index (χ3v) is 4.31. The highest BCUT2D eigenvalue weighted by Crippen LogP contribution is 2.18. The van der Waals surface area contributed by atoms with Crippen LogP contribution in [0.3, 0.4) is 0 Å². The van der Waals surface area contributed by atoms with Gasteiger partial charge in [-0.2, -0.15) is 0 Å². The fraction of sp³-hybridized carbons (Fsp3) is 0.526. The van der Waals surface area contributed by atoms with Crippen molar-refractivity contribution in [3.05, 3.63) is 29.8 Å². The number of carbonyl (C=O) groups excluding carboxylic acids is 3. The molecule has 142 valence electrons.